The normalized spacial score (nSPS) is 14.7. The van der Waals surface area contributed by atoms with E-state index in [4.69, 9.17) is 9.84 Å². The minimum absolute atomic E-state index is 0.0562. The van der Waals surface area contributed by atoms with Crippen molar-refractivity contribution in [2.45, 2.75) is 25.7 Å². The fraction of sp³-hybridized carbons (Fsp3) is 0.438. The number of anilines is 1. The third kappa shape index (κ3) is 3.31. The molecule has 0 bridgehead atoms. The van der Waals surface area contributed by atoms with Gasteiger partial charge in [0.05, 0.1) is 19.4 Å². The number of aliphatic hydroxyl groups is 1. The lowest BCUT2D eigenvalue weighted by molar-refractivity contribution is -0.119. The average molecular weight is 273 g/mol. The van der Waals surface area contributed by atoms with Crippen molar-refractivity contribution >= 4 is 11.6 Å². The fourth-order valence-electron chi connectivity index (χ4n) is 2.26. The minimum Gasteiger partial charge on any atom is -0.495 e. The maximum atomic E-state index is 12.0. The van der Waals surface area contributed by atoms with Crippen molar-refractivity contribution in [3.05, 3.63) is 23.8 Å². The Morgan fingerprint density at radius 3 is 2.95 bits per heavy atom. The van der Waals surface area contributed by atoms with Crippen molar-refractivity contribution in [2.75, 3.05) is 25.2 Å². The van der Waals surface area contributed by atoms with Crippen LogP contribution in [0.5, 0.6) is 5.75 Å². The lowest BCUT2D eigenvalue weighted by Crippen LogP contribution is -2.35. The van der Waals surface area contributed by atoms with E-state index in [-0.39, 0.29) is 12.5 Å². The van der Waals surface area contributed by atoms with Crippen LogP contribution < -0.4 is 9.64 Å². The number of aliphatic hydroxyl groups excluding tert-OH is 1. The molecule has 1 aliphatic heterocycles. The molecule has 106 valence electrons. The highest BCUT2D eigenvalue weighted by Gasteiger charge is 2.22. The number of rotatable bonds is 3. The summed E-state index contributed by atoms with van der Waals surface area (Å²) in [6.07, 6.45) is 3.00. The van der Waals surface area contributed by atoms with Crippen molar-refractivity contribution in [1.82, 2.24) is 0 Å². The minimum atomic E-state index is 0.0562. The molecule has 0 atom stereocenters. The SMILES string of the molecule is COc1ccc(C#CCCO)cc1N1CCCCC1=O. The molecule has 4 nitrogen and oxygen atoms in total. The molecule has 0 saturated carbocycles. The third-order valence-corrected chi connectivity index (χ3v) is 3.26. The first kappa shape index (κ1) is 14.4. The van der Waals surface area contributed by atoms with Crippen LogP contribution >= 0.6 is 0 Å². The molecule has 0 unspecified atom stereocenters. The zero-order valence-electron chi connectivity index (χ0n) is 11.7. The quantitative estimate of drug-likeness (QED) is 0.856. The van der Waals surface area contributed by atoms with Crippen molar-refractivity contribution in [3.8, 4) is 17.6 Å². The maximum absolute atomic E-state index is 12.0. The van der Waals surface area contributed by atoms with E-state index in [0.29, 0.717) is 18.6 Å². The molecular formula is C16H19NO3. The molecular weight excluding hydrogens is 254 g/mol. The molecule has 0 aromatic heterocycles. The standard InChI is InChI=1S/C16H19NO3/c1-20-15-9-8-13(6-3-5-11-18)12-14(15)17-10-4-2-7-16(17)19/h8-9,12,18H,2,4-5,7,10-11H2,1H3. The summed E-state index contributed by atoms with van der Waals surface area (Å²) in [7, 11) is 1.60. The molecule has 1 amide bonds. The maximum Gasteiger partial charge on any atom is 0.227 e. The predicted octanol–water partition coefficient (Wildman–Crippen LogP) is 1.95. The number of ether oxygens (including phenoxy) is 1. The number of hydrogen-bond acceptors (Lipinski definition) is 3. The molecule has 4 heteroatoms. The average Bonchev–Trinajstić information content (AvgIpc) is 2.48. The summed E-state index contributed by atoms with van der Waals surface area (Å²) in [6, 6.07) is 5.58. The first-order chi connectivity index (χ1) is 9.76. The second-order valence-electron chi connectivity index (χ2n) is 4.66. The van der Waals surface area contributed by atoms with Crippen molar-refractivity contribution in [1.29, 1.82) is 0 Å². The van der Waals surface area contributed by atoms with Crippen LogP contribution in [-0.2, 0) is 4.79 Å². The highest BCUT2D eigenvalue weighted by Crippen LogP contribution is 2.31. The molecule has 1 aliphatic rings. The van der Waals surface area contributed by atoms with E-state index in [0.717, 1.165) is 30.6 Å². The Hall–Kier alpha value is -1.99. The van der Waals surface area contributed by atoms with E-state index in [9.17, 15) is 4.79 Å². The van der Waals surface area contributed by atoms with Crippen LogP contribution in [0.25, 0.3) is 0 Å². The molecule has 20 heavy (non-hydrogen) atoms. The number of hydrogen-bond donors (Lipinski definition) is 1. The van der Waals surface area contributed by atoms with Crippen molar-refractivity contribution < 1.29 is 14.6 Å². The van der Waals surface area contributed by atoms with Crippen LogP contribution in [-0.4, -0.2) is 31.3 Å². The molecule has 1 aromatic carbocycles. The second-order valence-corrected chi connectivity index (χ2v) is 4.66. The Bertz CT molecular complexity index is 542. The zero-order chi connectivity index (χ0) is 14.4. The van der Waals surface area contributed by atoms with Gasteiger partial charge in [-0.05, 0) is 31.0 Å². The van der Waals surface area contributed by atoms with E-state index in [2.05, 4.69) is 11.8 Å². The van der Waals surface area contributed by atoms with Gasteiger partial charge in [-0.3, -0.25) is 4.79 Å². The van der Waals surface area contributed by atoms with Gasteiger partial charge in [0.15, 0.2) is 0 Å². The number of piperidine rings is 1. The summed E-state index contributed by atoms with van der Waals surface area (Å²) in [5, 5.41) is 8.74. The van der Waals surface area contributed by atoms with E-state index in [1.54, 1.807) is 12.0 Å². The number of nitrogens with zero attached hydrogens (tertiary/aromatic N) is 1. The van der Waals surface area contributed by atoms with Crippen molar-refractivity contribution in [3.63, 3.8) is 0 Å². The number of methoxy groups -OCH3 is 1. The Morgan fingerprint density at radius 1 is 1.40 bits per heavy atom. The predicted molar refractivity (Wildman–Crippen MR) is 77.8 cm³/mol. The van der Waals surface area contributed by atoms with Gasteiger partial charge in [-0.2, -0.15) is 0 Å². The van der Waals surface area contributed by atoms with Gasteiger partial charge in [0.25, 0.3) is 0 Å². The molecule has 1 fully saturated rings. The Balaban J connectivity index is 2.31. The molecule has 1 saturated heterocycles. The van der Waals surface area contributed by atoms with E-state index >= 15 is 0 Å². The summed E-state index contributed by atoms with van der Waals surface area (Å²) >= 11 is 0. The van der Waals surface area contributed by atoms with Gasteiger partial charge in [0.1, 0.15) is 5.75 Å². The van der Waals surface area contributed by atoms with Crippen LogP contribution in [0.3, 0.4) is 0 Å². The van der Waals surface area contributed by atoms with Gasteiger partial charge in [-0.25, -0.2) is 0 Å². The highest BCUT2D eigenvalue weighted by atomic mass is 16.5. The van der Waals surface area contributed by atoms with Crippen LogP contribution in [0.2, 0.25) is 0 Å². The van der Waals surface area contributed by atoms with E-state index in [1.165, 1.54) is 0 Å². The van der Waals surface area contributed by atoms with E-state index in [1.807, 2.05) is 18.2 Å². The topological polar surface area (TPSA) is 49.8 Å². The Morgan fingerprint density at radius 2 is 2.25 bits per heavy atom. The van der Waals surface area contributed by atoms with Gasteiger partial charge in [0, 0.05) is 24.9 Å². The molecule has 0 aliphatic carbocycles. The molecule has 1 N–H and O–H groups in total. The van der Waals surface area contributed by atoms with Gasteiger partial charge in [0.2, 0.25) is 5.91 Å². The zero-order valence-corrected chi connectivity index (χ0v) is 11.7. The summed E-state index contributed by atoms with van der Waals surface area (Å²) in [4.78, 5) is 13.8. The van der Waals surface area contributed by atoms with Gasteiger partial charge < -0.3 is 14.7 Å². The second kappa shape index (κ2) is 6.97. The lowest BCUT2D eigenvalue weighted by Gasteiger charge is -2.28. The Kier molecular flexibility index (Phi) is 5.03. The number of benzene rings is 1. The van der Waals surface area contributed by atoms with Gasteiger partial charge in [-0.15, -0.1) is 0 Å². The molecule has 0 spiro atoms. The van der Waals surface area contributed by atoms with Gasteiger partial charge in [-0.1, -0.05) is 11.8 Å². The van der Waals surface area contributed by atoms with Crippen molar-refractivity contribution in [2.24, 2.45) is 0 Å². The summed E-state index contributed by atoms with van der Waals surface area (Å²) in [5.41, 5.74) is 1.61. The number of amides is 1. The number of carbonyl (C=O) groups is 1. The molecule has 0 radical (unpaired) electrons. The van der Waals surface area contributed by atoms with E-state index < -0.39 is 0 Å². The third-order valence-electron chi connectivity index (χ3n) is 3.26. The smallest absolute Gasteiger partial charge is 0.227 e. The van der Waals surface area contributed by atoms with Crippen LogP contribution in [0.1, 0.15) is 31.2 Å². The summed E-state index contributed by atoms with van der Waals surface area (Å²) in [5.74, 6) is 6.70. The molecule has 1 heterocycles. The fourth-order valence-corrected chi connectivity index (χ4v) is 2.26. The summed E-state index contributed by atoms with van der Waals surface area (Å²) in [6.45, 7) is 0.781. The monoisotopic (exact) mass is 273 g/mol. The first-order valence-corrected chi connectivity index (χ1v) is 6.84. The van der Waals surface area contributed by atoms with Crippen LogP contribution in [0.15, 0.2) is 18.2 Å². The summed E-state index contributed by atoms with van der Waals surface area (Å²) < 4.78 is 5.35. The first-order valence-electron chi connectivity index (χ1n) is 6.84. The van der Waals surface area contributed by atoms with Crippen LogP contribution in [0, 0.1) is 11.8 Å². The van der Waals surface area contributed by atoms with Crippen LogP contribution in [0.4, 0.5) is 5.69 Å². The lowest BCUT2D eigenvalue weighted by atomic mass is 10.1. The molecule has 1 aromatic rings. The highest BCUT2D eigenvalue weighted by molar-refractivity contribution is 5.95. The van der Waals surface area contributed by atoms with Gasteiger partial charge >= 0.3 is 0 Å². The number of carbonyl (C=O) groups excluding carboxylic acids is 1. The molecule has 2 rings (SSSR count). The largest absolute Gasteiger partial charge is 0.495 e. The Labute approximate surface area is 119 Å².